The minimum atomic E-state index is -0.243. The predicted molar refractivity (Wildman–Crippen MR) is 130 cm³/mol. The van der Waals surface area contributed by atoms with E-state index in [-0.39, 0.29) is 36.4 Å². The lowest BCUT2D eigenvalue weighted by atomic mass is 10.1. The monoisotopic (exact) mass is 527 g/mol. The lowest BCUT2D eigenvalue weighted by Gasteiger charge is -2.34. The molecule has 1 aromatic carbocycles. The Morgan fingerprint density at radius 1 is 1.27 bits per heavy atom. The summed E-state index contributed by atoms with van der Waals surface area (Å²) in [6, 6.07) is 11.6. The number of aromatic nitrogens is 1. The standard InChI is InChI=1S/C22H30FN5O.HI/c1-16-5-4-6-21(26-16)28-11-9-19(10-12-28)27-22(24-2)25-14-17-7-8-20(23)18(13-17)15-29-3;/h4-8,13,19H,9-12,14-15H2,1-3H3,(H2,24,25,27);1H. The van der Waals surface area contributed by atoms with Crippen LogP contribution in [-0.4, -0.2) is 44.2 Å². The maximum absolute atomic E-state index is 13.8. The van der Waals surface area contributed by atoms with Crippen molar-refractivity contribution in [3.05, 3.63) is 59.0 Å². The van der Waals surface area contributed by atoms with E-state index in [9.17, 15) is 4.39 Å². The molecule has 2 aromatic rings. The lowest BCUT2D eigenvalue weighted by Crippen LogP contribution is -2.48. The van der Waals surface area contributed by atoms with Gasteiger partial charge in [-0.2, -0.15) is 0 Å². The van der Waals surface area contributed by atoms with Crippen LogP contribution in [0.3, 0.4) is 0 Å². The molecular formula is C22H31FIN5O. The molecule has 1 aliphatic rings. The molecule has 0 spiro atoms. The highest BCUT2D eigenvalue weighted by Gasteiger charge is 2.21. The van der Waals surface area contributed by atoms with E-state index in [1.807, 2.05) is 19.1 Å². The average Bonchev–Trinajstić information content (AvgIpc) is 2.74. The normalized spacial score (nSPS) is 14.9. The van der Waals surface area contributed by atoms with Gasteiger partial charge in [-0.25, -0.2) is 9.37 Å². The number of halogens is 2. The Morgan fingerprint density at radius 2 is 2.03 bits per heavy atom. The number of anilines is 1. The number of hydrogen-bond acceptors (Lipinski definition) is 4. The van der Waals surface area contributed by atoms with E-state index in [1.54, 1.807) is 20.2 Å². The van der Waals surface area contributed by atoms with E-state index in [0.717, 1.165) is 49.0 Å². The fourth-order valence-corrected chi connectivity index (χ4v) is 3.54. The Kier molecular flexibility index (Phi) is 9.77. The van der Waals surface area contributed by atoms with Crippen molar-refractivity contribution in [3.8, 4) is 0 Å². The van der Waals surface area contributed by atoms with Gasteiger partial charge >= 0.3 is 0 Å². The molecule has 1 aliphatic heterocycles. The number of hydrogen-bond donors (Lipinski definition) is 2. The molecule has 1 fully saturated rings. The summed E-state index contributed by atoms with van der Waals surface area (Å²) in [5.41, 5.74) is 2.59. The minimum absolute atomic E-state index is 0. The first kappa shape index (κ1) is 24.3. The quantitative estimate of drug-likeness (QED) is 0.342. The number of nitrogens with one attached hydrogen (secondary N) is 2. The van der Waals surface area contributed by atoms with E-state index in [4.69, 9.17) is 4.74 Å². The molecule has 6 nitrogen and oxygen atoms in total. The number of benzene rings is 1. The predicted octanol–water partition coefficient (Wildman–Crippen LogP) is 3.63. The molecular weight excluding hydrogens is 496 g/mol. The highest BCUT2D eigenvalue weighted by molar-refractivity contribution is 14.0. The maximum atomic E-state index is 13.8. The van der Waals surface area contributed by atoms with Gasteiger partial charge in [0.2, 0.25) is 0 Å². The smallest absolute Gasteiger partial charge is 0.191 e. The second-order valence-electron chi connectivity index (χ2n) is 7.33. The van der Waals surface area contributed by atoms with Gasteiger partial charge in [0.15, 0.2) is 5.96 Å². The minimum Gasteiger partial charge on any atom is -0.380 e. The first-order chi connectivity index (χ1) is 14.1. The van der Waals surface area contributed by atoms with Crippen molar-refractivity contribution in [3.63, 3.8) is 0 Å². The van der Waals surface area contributed by atoms with Gasteiger partial charge in [-0.3, -0.25) is 4.99 Å². The summed E-state index contributed by atoms with van der Waals surface area (Å²) in [5.74, 6) is 1.57. The Labute approximate surface area is 195 Å². The largest absolute Gasteiger partial charge is 0.380 e. The van der Waals surface area contributed by atoms with Crippen LogP contribution in [0.1, 0.15) is 29.7 Å². The summed E-state index contributed by atoms with van der Waals surface area (Å²) in [6.07, 6.45) is 2.04. The average molecular weight is 527 g/mol. The number of ether oxygens (including phenoxy) is 1. The Morgan fingerprint density at radius 3 is 2.70 bits per heavy atom. The van der Waals surface area contributed by atoms with Crippen LogP contribution in [0.25, 0.3) is 0 Å². The van der Waals surface area contributed by atoms with Gasteiger partial charge in [-0.1, -0.05) is 12.1 Å². The van der Waals surface area contributed by atoms with E-state index < -0.39 is 0 Å². The van der Waals surface area contributed by atoms with Crippen LogP contribution in [0.4, 0.5) is 10.2 Å². The van der Waals surface area contributed by atoms with Gasteiger partial charge in [0.05, 0.1) is 6.61 Å². The Balaban J connectivity index is 0.00000320. The van der Waals surface area contributed by atoms with Crippen molar-refractivity contribution in [2.24, 2.45) is 4.99 Å². The van der Waals surface area contributed by atoms with Gasteiger partial charge < -0.3 is 20.3 Å². The molecule has 0 radical (unpaired) electrons. The van der Waals surface area contributed by atoms with Gasteiger partial charge in [-0.15, -0.1) is 24.0 Å². The van der Waals surface area contributed by atoms with Crippen molar-refractivity contribution in [1.82, 2.24) is 15.6 Å². The fourth-order valence-electron chi connectivity index (χ4n) is 3.54. The zero-order valence-electron chi connectivity index (χ0n) is 17.8. The van der Waals surface area contributed by atoms with E-state index in [1.165, 1.54) is 6.07 Å². The van der Waals surface area contributed by atoms with Crippen molar-refractivity contribution in [2.75, 3.05) is 32.1 Å². The van der Waals surface area contributed by atoms with Gasteiger partial charge in [0.25, 0.3) is 0 Å². The molecule has 30 heavy (non-hydrogen) atoms. The first-order valence-corrected chi connectivity index (χ1v) is 10.0. The van der Waals surface area contributed by atoms with E-state index >= 15 is 0 Å². The molecule has 3 rings (SSSR count). The van der Waals surface area contributed by atoms with Crippen LogP contribution < -0.4 is 15.5 Å². The molecule has 164 valence electrons. The van der Waals surface area contributed by atoms with Crippen LogP contribution in [-0.2, 0) is 17.9 Å². The summed E-state index contributed by atoms with van der Waals surface area (Å²) in [6.45, 7) is 4.78. The molecule has 0 unspecified atom stereocenters. The number of piperidine rings is 1. The summed E-state index contributed by atoms with van der Waals surface area (Å²) in [7, 11) is 3.33. The second-order valence-corrected chi connectivity index (χ2v) is 7.33. The summed E-state index contributed by atoms with van der Waals surface area (Å²) >= 11 is 0. The number of aliphatic imine (C=N–C) groups is 1. The van der Waals surface area contributed by atoms with Gasteiger partial charge in [0, 0.05) is 51.1 Å². The van der Waals surface area contributed by atoms with Crippen LogP contribution in [0.15, 0.2) is 41.4 Å². The van der Waals surface area contributed by atoms with Gasteiger partial charge in [0.1, 0.15) is 11.6 Å². The van der Waals surface area contributed by atoms with Gasteiger partial charge in [-0.05, 0) is 49.6 Å². The SMILES string of the molecule is CN=C(NCc1ccc(F)c(COC)c1)NC1CCN(c2cccc(C)n2)CC1.I. The Bertz CT molecular complexity index is 840. The molecule has 1 aromatic heterocycles. The number of pyridine rings is 1. The first-order valence-electron chi connectivity index (χ1n) is 10.0. The molecule has 0 aliphatic carbocycles. The zero-order valence-corrected chi connectivity index (χ0v) is 20.2. The van der Waals surface area contributed by atoms with E-state index in [0.29, 0.717) is 18.2 Å². The molecule has 2 heterocycles. The van der Waals surface area contributed by atoms with E-state index in [2.05, 4.69) is 37.6 Å². The summed E-state index contributed by atoms with van der Waals surface area (Å²) in [5, 5.41) is 6.83. The molecule has 0 atom stereocenters. The van der Waals surface area contributed by atoms with Crippen molar-refractivity contribution in [2.45, 2.75) is 39.0 Å². The third-order valence-electron chi connectivity index (χ3n) is 5.13. The fraction of sp³-hybridized carbons (Fsp3) is 0.455. The number of guanidine groups is 1. The highest BCUT2D eigenvalue weighted by atomic mass is 127. The molecule has 0 bridgehead atoms. The molecule has 2 N–H and O–H groups in total. The molecule has 8 heteroatoms. The lowest BCUT2D eigenvalue weighted by molar-refractivity contribution is 0.181. The zero-order chi connectivity index (χ0) is 20.6. The second kappa shape index (κ2) is 12.0. The molecule has 1 saturated heterocycles. The number of aryl methyl sites for hydroxylation is 1. The topological polar surface area (TPSA) is 61.8 Å². The number of rotatable bonds is 6. The third kappa shape index (κ3) is 6.80. The number of nitrogens with zero attached hydrogens (tertiary/aromatic N) is 3. The highest BCUT2D eigenvalue weighted by Crippen LogP contribution is 2.18. The van der Waals surface area contributed by atoms with Crippen molar-refractivity contribution >= 4 is 35.8 Å². The Hall–Kier alpha value is -1.94. The number of methoxy groups -OCH3 is 1. The molecule has 0 amide bonds. The van der Waals surface area contributed by atoms with Crippen molar-refractivity contribution < 1.29 is 9.13 Å². The van der Waals surface area contributed by atoms with Crippen LogP contribution >= 0.6 is 24.0 Å². The summed E-state index contributed by atoms with van der Waals surface area (Å²) in [4.78, 5) is 11.3. The summed E-state index contributed by atoms with van der Waals surface area (Å²) < 4.78 is 18.8. The maximum Gasteiger partial charge on any atom is 0.191 e. The van der Waals surface area contributed by atoms with Crippen LogP contribution in [0.5, 0.6) is 0 Å². The van der Waals surface area contributed by atoms with Crippen LogP contribution in [0, 0.1) is 12.7 Å². The molecule has 0 saturated carbocycles. The van der Waals surface area contributed by atoms with Crippen LogP contribution in [0.2, 0.25) is 0 Å². The van der Waals surface area contributed by atoms with Crippen molar-refractivity contribution in [1.29, 1.82) is 0 Å². The third-order valence-corrected chi connectivity index (χ3v) is 5.13.